The SMILES string of the molecule is Cc1cc(C)n2nc(SCC(=O)N3CCN(S(=O)(=O)c4ccccc4F)CC3)nc2n1. The third-order valence-electron chi connectivity index (χ3n) is 4.97. The van der Waals surface area contributed by atoms with E-state index >= 15 is 0 Å². The van der Waals surface area contributed by atoms with E-state index in [9.17, 15) is 17.6 Å². The molecule has 2 aromatic heterocycles. The molecule has 12 heteroatoms. The zero-order chi connectivity index (χ0) is 22.2. The number of benzene rings is 1. The molecule has 0 radical (unpaired) electrons. The molecule has 1 amide bonds. The van der Waals surface area contributed by atoms with Gasteiger partial charge in [-0.05, 0) is 32.0 Å². The maximum atomic E-state index is 13.9. The van der Waals surface area contributed by atoms with Crippen LogP contribution in [0.25, 0.3) is 5.78 Å². The van der Waals surface area contributed by atoms with Crippen molar-refractivity contribution in [3.05, 3.63) is 47.5 Å². The highest BCUT2D eigenvalue weighted by atomic mass is 32.2. The molecule has 3 heterocycles. The molecule has 0 aliphatic carbocycles. The van der Waals surface area contributed by atoms with Gasteiger partial charge in [0.25, 0.3) is 5.78 Å². The Balaban J connectivity index is 1.35. The van der Waals surface area contributed by atoms with Crippen molar-refractivity contribution in [2.24, 2.45) is 0 Å². The number of carbonyl (C=O) groups is 1. The summed E-state index contributed by atoms with van der Waals surface area (Å²) in [5.74, 6) is -0.293. The Hall–Kier alpha value is -2.57. The molecule has 1 aliphatic heterocycles. The van der Waals surface area contributed by atoms with Crippen molar-refractivity contribution in [2.45, 2.75) is 23.9 Å². The minimum atomic E-state index is -3.93. The number of nitrogens with zero attached hydrogens (tertiary/aromatic N) is 6. The van der Waals surface area contributed by atoms with Gasteiger partial charge in [0.15, 0.2) is 0 Å². The first-order valence-corrected chi connectivity index (χ1v) is 12.0. The van der Waals surface area contributed by atoms with Crippen molar-refractivity contribution < 1.29 is 17.6 Å². The number of fused-ring (bicyclic) bond motifs is 1. The third kappa shape index (κ3) is 4.41. The summed E-state index contributed by atoms with van der Waals surface area (Å²) >= 11 is 1.21. The third-order valence-corrected chi connectivity index (χ3v) is 7.72. The van der Waals surface area contributed by atoms with E-state index in [1.54, 1.807) is 9.42 Å². The summed E-state index contributed by atoms with van der Waals surface area (Å²) in [5, 5.41) is 4.82. The van der Waals surface area contributed by atoms with Crippen molar-refractivity contribution in [3.63, 3.8) is 0 Å². The Morgan fingerprint density at radius 1 is 1.13 bits per heavy atom. The van der Waals surface area contributed by atoms with Crippen molar-refractivity contribution >= 4 is 33.5 Å². The summed E-state index contributed by atoms with van der Waals surface area (Å²) in [6, 6.07) is 7.20. The molecule has 0 unspecified atom stereocenters. The zero-order valence-electron chi connectivity index (χ0n) is 17.0. The smallest absolute Gasteiger partial charge is 0.253 e. The normalized spacial score (nSPS) is 15.5. The van der Waals surface area contributed by atoms with Gasteiger partial charge in [-0.15, -0.1) is 5.10 Å². The van der Waals surface area contributed by atoms with Crippen molar-refractivity contribution in [1.82, 2.24) is 28.8 Å². The Morgan fingerprint density at radius 2 is 1.84 bits per heavy atom. The Morgan fingerprint density at radius 3 is 2.55 bits per heavy atom. The number of rotatable bonds is 5. The molecule has 1 fully saturated rings. The van der Waals surface area contributed by atoms with Gasteiger partial charge in [-0.25, -0.2) is 22.3 Å². The predicted molar refractivity (Wildman–Crippen MR) is 113 cm³/mol. The molecule has 164 valence electrons. The van der Waals surface area contributed by atoms with Gasteiger partial charge in [0.2, 0.25) is 21.1 Å². The maximum absolute atomic E-state index is 13.9. The Bertz CT molecular complexity index is 1240. The van der Waals surface area contributed by atoms with E-state index in [1.165, 1.54) is 34.3 Å². The summed E-state index contributed by atoms with van der Waals surface area (Å²) < 4.78 is 42.2. The average Bonchev–Trinajstić information content (AvgIpc) is 3.15. The van der Waals surface area contributed by atoms with E-state index in [0.717, 1.165) is 17.5 Å². The fourth-order valence-electron chi connectivity index (χ4n) is 3.40. The minimum absolute atomic E-state index is 0.113. The second-order valence-corrected chi connectivity index (χ2v) is 10.00. The summed E-state index contributed by atoms with van der Waals surface area (Å²) in [5.41, 5.74) is 1.74. The van der Waals surface area contributed by atoms with Crippen LogP contribution in [-0.4, -0.2) is 75.0 Å². The number of hydrogen-bond acceptors (Lipinski definition) is 7. The summed E-state index contributed by atoms with van der Waals surface area (Å²) in [6.45, 7) is 4.50. The molecule has 0 N–H and O–H groups in total. The minimum Gasteiger partial charge on any atom is -0.339 e. The molecule has 1 aromatic carbocycles. The topological polar surface area (TPSA) is 101 Å². The van der Waals surface area contributed by atoms with Crippen LogP contribution >= 0.6 is 11.8 Å². The van der Waals surface area contributed by atoms with Gasteiger partial charge in [-0.1, -0.05) is 23.9 Å². The molecule has 0 atom stereocenters. The standard InChI is InChI=1S/C19H21FN6O3S2/c1-13-11-14(2)26-18(21-13)22-19(23-26)30-12-17(27)24-7-9-25(10-8-24)31(28,29)16-6-4-3-5-15(16)20/h3-6,11H,7-10,12H2,1-2H3. The summed E-state index contributed by atoms with van der Waals surface area (Å²) in [7, 11) is -3.93. The van der Waals surface area contributed by atoms with Crippen LogP contribution in [0.1, 0.15) is 11.4 Å². The largest absolute Gasteiger partial charge is 0.339 e. The van der Waals surface area contributed by atoms with Crippen LogP contribution < -0.4 is 0 Å². The molecule has 0 bridgehead atoms. The number of aryl methyl sites for hydroxylation is 2. The monoisotopic (exact) mass is 464 g/mol. The lowest BCUT2D eigenvalue weighted by molar-refractivity contribution is -0.129. The number of thioether (sulfide) groups is 1. The van der Waals surface area contributed by atoms with Gasteiger partial charge in [0.1, 0.15) is 10.7 Å². The second kappa shape index (κ2) is 8.52. The van der Waals surface area contributed by atoms with E-state index in [0.29, 0.717) is 10.9 Å². The first kappa shape index (κ1) is 21.7. The van der Waals surface area contributed by atoms with Gasteiger partial charge in [-0.3, -0.25) is 4.79 Å². The number of carbonyl (C=O) groups excluding carboxylic acids is 1. The van der Waals surface area contributed by atoms with Crippen LogP contribution in [0, 0.1) is 19.7 Å². The van der Waals surface area contributed by atoms with E-state index in [-0.39, 0.29) is 42.7 Å². The average molecular weight is 465 g/mol. The molecule has 1 saturated heterocycles. The predicted octanol–water partition coefficient (Wildman–Crippen LogP) is 1.51. The van der Waals surface area contributed by atoms with Gasteiger partial charge >= 0.3 is 0 Å². The van der Waals surface area contributed by atoms with Gasteiger partial charge in [0, 0.05) is 37.6 Å². The quantitative estimate of drug-likeness (QED) is 0.528. The van der Waals surface area contributed by atoms with Crippen molar-refractivity contribution in [2.75, 3.05) is 31.9 Å². The first-order chi connectivity index (χ1) is 14.8. The lowest BCUT2D eigenvalue weighted by atomic mass is 10.3. The lowest BCUT2D eigenvalue weighted by Gasteiger charge is -2.34. The van der Waals surface area contributed by atoms with E-state index < -0.39 is 15.8 Å². The van der Waals surface area contributed by atoms with E-state index in [2.05, 4.69) is 15.1 Å². The molecule has 4 rings (SSSR count). The molecular weight excluding hydrogens is 443 g/mol. The highest BCUT2D eigenvalue weighted by Gasteiger charge is 2.31. The van der Waals surface area contributed by atoms with Gasteiger partial charge < -0.3 is 4.90 Å². The number of piperazine rings is 1. The molecule has 9 nitrogen and oxygen atoms in total. The number of halogens is 1. The molecule has 31 heavy (non-hydrogen) atoms. The fourth-order valence-corrected chi connectivity index (χ4v) is 5.61. The number of aromatic nitrogens is 4. The fraction of sp³-hybridized carbons (Fsp3) is 0.368. The lowest BCUT2D eigenvalue weighted by Crippen LogP contribution is -2.51. The van der Waals surface area contributed by atoms with Gasteiger partial charge in [-0.2, -0.15) is 9.29 Å². The van der Waals surface area contributed by atoms with Crippen molar-refractivity contribution in [3.8, 4) is 0 Å². The molecule has 0 saturated carbocycles. The highest BCUT2D eigenvalue weighted by molar-refractivity contribution is 7.99. The number of sulfonamides is 1. The molecule has 1 aliphatic rings. The first-order valence-electron chi connectivity index (χ1n) is 9.62. The van der Waals surface area contributed by atoms with E-state index in [4.69, 9.17) is 0 Å². The van der Waals surface area contributed by atoms with Crippen LogP contribution in [0.4, 0.5) is 4.39 Å². The van der Waals surface area contributed by atoms with Crippen LogP contribution in [0.5, 0.6) is 0 Å². The van der Waals surface area contributed by atoms with Gasteiger partial charge in [0.05, 0.1) is 5.75 Å². The Labute approximate surface area is 183 Å². The molecule has 0 spiro atoms. The molecular formula is C19H21FN6O3S2. The number of amides is 1. The van der Waals surface area contributed by atoms with Crippen LogP contribution in [0.3, 0.4) is 0 Å². The van der Waals surface area contributed by atoms with E-state index in [1.807, 2.05) is 19.9 Å². The zero-order valence-corrected chi connectivity index (χ0v) is 18.7. The Kier molecular flexibility index (Phi) is 5.95. The number of hydrogen-bond donors (Lipinski definition) is 0. The second-order valence-electron chi connectivity index (χ2n) is 7.15. The van der Waals surface area contributed by atoms with Crippen LogP contribution in [-0.2, 0) is 14.8 Å². The maximum Gasteiger partial charge on any atom is 0.253 e. The highest BCUT2D eigenvalue weighted by Crippen LogP contribution is 2.21. The van der Waals surface area contributed by atoms with Crippen LogP contribution in [0.2, 0.25) is 0 Å². The summed E-state index contributed by atoms with van der Waals surface area (Å²) in [4.78, 5) is 22.5. The molecule has 3 aromatic rings. The van der Waals surface area contributed by atoms with Crippen molar-refractivity contribution in [1.29, 1.82) is 0 Å². The van der Waals surface area contributed by atoms with Crippen LogP contribution in [0.15, 0.2) is 40.4 Å². The summed E-state index contributed by atoms with van der Waals surface area (Å²) in [6.07, 6.45) is 0.